The Bertz CT molecular complexity index is 1050. The fourth-order valence-electron chi connectivity index (χ4n) is 7.86. The first-order chi connectivity index (χ1) is 16.3. The number of rotatable bonds is 5. The van der Waals surface area contributed by atoms with Crippen molar-refractivity contribution in [3.63, 3.8) is 0 Å². The second-order valence-corrected chi connectivity index (χ2v) is 12.6. The molecule has 1 aromatic carbocycles. The van der Waals surface area contributed by atoms with Gasteiger partial charge in [-0.15, -0.1) is 0 Å². The van der Waals surface area contributed by atoms with Crippen LogP contribution in [0, 0.1) is 24.2 Å². The maximum Gasteiger partial charge on any atom is 0.234 e. The highest BCUT2D eigenvalue weighted by atomic mass is 32.1. The minimum absolute atomic E-state index is 0.0549. The summed E-state index contributed by atoms with van der Waals surface area (Å²) in [5.74, 6) is 2.24. The van der Waals surface area contributed by atoms with Crippen LogP contribution in [-0.4, -0.2) is 40.6 Å². The summed E-state index contributed by atoms with van der Waals surface area (Å²) in [6, 6.07) is 8.53. The third-order valence-electron chi connectivity index (χ3n) is 8.96. The molecule has 0 radical (unpaired) electrons. The molecule has 6 atom stereocenters. The van der Waals surface area contributed by atoms with Crippen LogP contribution in [0.15, 0.2) is 35.0 Å². The first-order valence-electron chi connectivity index (χ1n) is 12.8. The van der Waals surface area contributed by atoms with E-state index in [0.717, 1.165) is 43.4 Å². The molecule has 2 N–H and O–H groups in total. The van der Waals surface area contributed by atoms with E-state index in [-0.39, 0.29) is 23.5 Å². The van der Waals surface area contributed by atoms with Crippen LogP contribution in [0.3, 0.4) is 0 Å². The van der Waals surface area contributed by atoms with Crippen molar-refractivity contribution in [2.45, 2.75) is 76.7 Å². The largest absolute Gasteiger partial charge is 0.484 e. The molecule has 1 aliphatic heterocycles. The molecule has 0 spiro atoms. The van der Waals surface area contributed by atoms with E-state index in [4.69, 9.17) is 4.74 Å². The lowest BCUT2D eigenvalue weighted by Crippen LogP contribution is -2.62. The van der Waals surface area contributed by atoms with E-state index >= 15 is 0 Å². The van der Waals surface area contributed by atoms with Crippen molar-refractivity contribution in [3.8, 4) is 5.75 Å². The zero-order valence-electron chi connectivity index (χ0n) is 20.3. The molecule has 182 valence electrons. The van der Waals surface area contributed by atoms with E-state index in [1.54, 1.807) is 11.3 Å². The summed E-state index contributed by atoms with van der Waals surface area (Å²) in [6.07, 6.45) is 6.25. The predicted molar refractivity (Wildman–Crippen MR) is 134 cm³/mol. The molecular weight excluding hydrogens is 444 g/mol. The second-order valence-electron chi connectivity index (χ2n) is 11.8. The Hall–Kier alpha value is -1.89. The van der Waals surface area contributed by atoms with Crippen molar-refractivity contribution >= 4 is 17.2 Å². The SMILES string of the molecule is Cc1ccc2c(c1)CN(CC(=O)N[C@@H](C)C13C[C@@H]4C[C@@H](CC(O)(C4)C1)C3)C[C@@H](c1ccsc1)O2. The number of aryl methyl sites for hydroxylation is 1. The highest BCUT2D eigenvalue weighted by Crippen LogP contribution is 2.62. The summed E-state index contributed by atoms with van der Waals surface area (Å²) in [5, 5.41) is 18.7. The van der Waals surface area contributed by atoms with Crippen molar-refractivity contribution in [1.82, 2.24) is 10.2 Å². The molecule has 4 bridgehead atoms. The number of hydrogen-bond donors (Lipinski definition) is 2. The monoisotopic (exact) mass is 480 g/mol. The van der Waals surface area contributed by atoms with Crippen LogP contribution in [0.4, 0.5) is 0 Å². The molecule has 0 saturated heterocycles. The third-order valence-corrected chi connectivity index (χ3v) is 9.66. The molecule has 4 saturated carbocycles. The summed E-state index contributed by atoms with van der Waals surface area (Å²) in [7, 11) is 0. The molecule has 1 amide bonds. The zero-order chi connectivity index (χ0) is 23.5. The fourth-order valence-corrected chi connectivity index (χ4v) is 8.57. The molecule has 4 aliphatic carbocycles. The highest BCUT2D eigenvalue weighted by Gasteiger charge is 2.59. The van der Waals surface area contributed by atoms with Crippen LogP contribution < -0.4 is 10.1 Å². The number of fused-ring (bicyclic) bond motifs is 1. The van der Waals surface area contributed by atoms with Gasteiger partial charge in [0.05, 0.1) is 12.1 Å². The lowest BCUT2D eigenvalue weighted by molar-refractivity contribution is -0.173. The maximum atomic E-state index is 13.3. The van der Waals surface area contributed by atoms with Crippen LogP contribution in [0.5, 0.6) is 5.75 Å². The number of nitrogens with zero attached hydrogens (tertiary/aromatic N) is 1. The maximum absolute atomic E-state index is 13.3. The fraction of sp³-hybridized carbons (Fsp3) is 0.607. The molecule has 2 aromatic rings. The number of carbonyl (C=O) groups is 1. The zero-order valence-corrected chi connectivity index (χ0v) is 21.1. The van der Waals surface area contributed by atoms with Gasteiger partial charge in [-0.25, -0.2) is 0 Å². The number of benzene rings is 1. The minimum Gasteiger partial charge on any atom is -0.484 e. The summed E-state index contributed by atoms with van der Waals surface area (Å²) >= 11 is 1.68. The first-order valence-corrected chi connectivity index (χ1v) is 13.8. The topological polar surface area (TPSA) is 61.8 Å². The predicted octanol–water partition coefficient (Wildman–Crippen LogP) is 4.83. The van der Waals surface area contributed by atoms with E-state index in [1.165, 1.54) is 17.5 Å². The Morgan fingerprint density at radius 1 is 1.26 bits per heavy atom. The number of ether oxygens (including phenoxy) is 1. The van der Waals surface area contributed by atoms with Crippen molar-refractivity contribution in [2.75, 3.05) is 13.1 Å². The summed E-state index contributed by atoms with van der Waals surface area (Å²) in [4.78, 5) is 15.5. The van der Waals surface area contributed by atoms with Crippen LogP contribution in [0.1, 0.15) is 68.2 Å². The molecule has 1 aromatic heterocycles. The van der Waals surface area contributed by atoms with Crippen molar-refractivity contribution < 1.29 is 14.6 Å². The van der Waals surface area contributed by atoms with Gasteiger partial charge in [0.2, 0.25) is 5.91 Å². The van der Waals surface area contributed by atoms with Gasteiger partial charge in [-0.1, -0.05) is 17.7 Å². The lowest BCUT2D eigenvalue weighted by atomic mass is 9.46. The van der Waals surface area contributed by atoms with Crippen LogP contribution in [0.2, 0.25) is 0 Å². The lowest BCUT2D eigenvalue weighted by Gasteiger charge is -2.62. The summed E-state index contributed by atoms with van der Waals surface area (Å²) in [5.41, 5.74) is 3.06. The van der Waals surface area contributed by atoms with Crippen molar-refractivity contribution in [1.29, 1.82) is 0 Å². The van der Waals surface area contributed by atoms with E-state index in [1.807, 2.05) is 0 Å². The number of aliphatic hydroxyl groups is 1. The Labute approximate surface area is 206 Å². The molecule has 2 heterocycles. The average molecular weight is 481 g/mol. The van der Waals surface area contributed by atoms with E-state index in [9.17, 15) is 9.90 Å². The van der Waals surface area contributed by atoms with Gasteiger partial charge in [-0.05, 0) is 92.5 Å². The van der Waals surface area contributed by atoms with Crippen LogP contribution >= 0.6 is 11.3 Å². The standard InChI is InChI=1S/C28H36N2O3S/c1-18-3-4-24-23(7-18)13-30(14-25(33-24)22-5-6-34-16-22)15-26(31)29-19(2)27-9-20-8-21(10-27)12-28(32,11-20)17-27/h3-7,16,19-21,25,32H,8-15,17H2,1-2H3,(H,29,31)/t19-,20-,21+,25-,27?,28?/m0/s1. The minimum atomic E-state index is -0.499. The summed E-state index contributed by atoms with van der Waals surface area (Å²) < 4.78 is 6.43. The first kappa shape index (κ1) is 22.6. The Kier molecular flexibility index (Phi) is 5.54. The number of thiophene rings is 1. The van der Waals surface area contributed by atoms with E-state index in [2.05, 4.69) is 59.1 Å². The van der Waals surface area contributed by atoms with Crippen LogP contribution in [0.25, 0.3) is 0 Å². The molecule has 7 rings (SSSR count). The Morgan fingerprint density at radius 3 is 2.76 bits per heavy atom. The molecule has 34 heavy (non-hydrogen) atoms. The molecule has 4 fully saturated rings. The van der Waals surface area contributed by atoms with E-state index < -0.39 is 5.60 Å². The van der Waals surface area contributed by atoms with Crippen molar-refractivity contribution in [3.05, 3.63) is 51.7 Å². The third kappa shape index (κ3) is 4.18. The van der Waals surface area contributed by atoms with Gasteiger partial charge in [0, 0.05) is 30.3 Å². The van der Waals surface area contributed by atoms with Gasteiger partial charge < -0.3 is 15.2 Å². The van der Waals surface area contributed by atoms with Gasteiger partial charge in [0.15, 0.2) is 0 Å². The molecular formula is C28H36N2O3S. The summed E-state index contributed by atoms with van der Waals surface area (Å²) in [6.45, 7) is 6.01. The normalized spacial score (nSPS) is 35.3. The van der Waals surface area contributed by atoms with Gasteiger partial charge in [-0.3, -0.25) is 9.69 Å². The quantitative estimate of drug-likeness (QED) is 0.644. The highest BCUT2D eigenvalue weighted by molar-refractivity contribution is 7.07. The number of nitrogens with one attached hydrogen (secondary N) is 1. The molecule has 5 aliphatic rings. The second kappa shape index (κ2) is 8.35. The molecule has 6 heteroatoms. The number of hydrogen-bond acceptors (Lipinski definition) is 5. The molecule has 5 nitrogen and oxygen atoms in total. The number of carbonyl (C=O) groups excluding carboxylic acids is 1. The van der Waals surface area contributed by atoms with Crippen molar-refractivity contribution in [2.24, 2.45) is 17.3 Å². The van der Waals surface area contributed by atoms with E-state index in [0.29, 0.717) is 31.5 Å². The van der Waals surface area contributed by atoms with Gasteiger partial charge in [-0.2, -0.15) is 11.3 Å². The molecule has 2 unspecified atom stereocenters. The number of amides is 1. The Morgan fingerprint density at radius 2 is 2.06 bits per heavy atom. The Balaban J connectivity index is 1.17. The van der Waals surface area contributed by atoms with Gasteiger partial charge in [0.25, 0.3) is 0 Å². The average Bonchev–Trinajstić information content (AvgIpc) is 3.22. The van der Waals surface area contributed by atoms with Gasteiger partial charge in [0.1, 0.15) is 11.9 Å². The van der Waals surface area contributed by atoms with Crippen LogP contribution in [-0.2, 0) is 11.3 Å². The smallest absolute Gasteiger partial charge is 0.234 e. The van der Waals surface area contributed by atoms with Gasteiger partial charge >= 0.3 is 0 Å².